The zero-order chi connectivity index (χ0) is 11.3. The van der Waals surface area contributed by atoms with Gasteiger partial charge in [-0.3, -0.25) is 9.69 Å². The van der Waals surface area contributed by atoms with Crippen LogP contribution in [-0.4, -0.2) is 48.3 Å². The van der Waals surface area contributed by atoms with Gasteiger partial charge in [-0.2, -0.15) is 0 Å². The standard InChI is InChI=1S/C11H21NO3/c1-3-15-11(14)9(2)8-12(6-7-13)10-4-5-10/h9-10,13H,3-8H2,1-2H3. The highest BCUT2D eigenvalue weighted by atomic mass is 16.5. The number of carbonyl (C=O) groups is 1. The number of hydrogen-bond donors (Lipinski definition) is 1. The van der Waals surface area contributed by atoms with Crippen LogP contribution in [0.5, 0.6) is 0 Å². The topological polar surface area (TPSA) is 49.8 Å². The summed E-state index contributed by atoms with van der Waals surface area (Å²) in [6.07, 6.45) is 2.38. The smallest absolute Gasteiger partial charge is 0.309 e. The predicted octanol–water partition coefficient (Wildman–Crippen LogP) is 0.642. The Morgan fingerprint density at radius 1 is 1.60 bits per heavy atom. The van der Waals surface area contributed by atoms with Crippen molar-refractivity contribution in [3.05, 3.63) is 0 Å². The minimum atomic E-state index is -0.138. The van der Waals surface area contributed by atoms with Gasteiger partial charge in [-0.05, 0) is 19.8 Å². The van der Waals surface area contributed by atoms with Gasteiger partial charge in [-0.25, -0.2) is 0 Å². The fourth-order valence-corrected chi connectivity index (χ4v) is 1.70. The first-order valence-corrected chi connectivity index (χ1v) is 5.70. The Morgan fingerprint density at radius 3 is 2.73 bits per heavy atom. The normalized spacial score (nSPS) is 17.9. The third-order valence-electron chi connectivity index (χ3n) is 2.65. The van der Waals surface area contributed by atoms with Crippen molar-refractivity contribution in [1.82, 2.24) is 4.90 Å². The third kappa shape index (κ3) is 4.18. The largest absolute Gasteiger partial charge is 0.466 e. The van der Waals surface area contributed by atoms with Crippen LogP contribution in [0, 0.1) is 5.92 Å². The summed E-state index contributed by atoms with van der Waals surface area (Å²) in [6.45, 7) is 5.65. The number of hydrogen-bond acceptors (Lipinski definition) is 4. The minimum absolute atomic E-state index is 0.0999. The Labute approximate surface area is 91.2 Å². The van der Waals surface area contributed by atoms with Gasteiger partial charge in [0.25, 0.3) is 0 Å². The fraction of sp³-hybridized carbons (Fsp3) is 0.909. The van der Waals surface area contributed by atoms with E-state index < -0.39 is 0 Å². The third-order valence-corrected chi connectivity index (χ3v) is 2.65. The molecule has 1 fully saturated rings. The molecule has 1 atom stereocenters. The molecule has 0 saturated heterocycles. The predicted molar refractivity (Wildman–Crippen MR) is 57.5 cm³/mol. The Balaban J connectivity index is 2.32. The average Bonchev–Trinajstić information content (AvgIpc) is 3.00. The lowest BCUT2D eigenvalue weighted by molar-refractivity contribution is -0.148. The highest BCUT2D eigenvalue weighted by molar-refractivity contribution is 5.72. The molecule has 1 rings (SSSR count). The van der Waals surface area contributed by atoms with E-state index in [2.05, 4.69) is 4.90 Å². The Hall–Kier alpha value is -0.610. The van der Waals surface area contributed by atoms with Crippen molar-refractivity contribution in [2.45, 2.75) is 32.7 Å². The van der Waals surface area contributed by atoms with Crippen LogP contribution in [0.4, 0.5) is 0 Å². The van der Waals surface area contributed by atoms with E-state index in [0.29, 0.717) is 25.7 Å². The highest BCUT2D eigenvalue weighted by Gasteiger charge is 2.30. The van der Waals surface area contributed by atoms with Crippen molar-refractivity contribution in [3.63, 3.8) is 0 Å². The molecule has 1 unspecified atom stereocenters. The number of esters is 1. The van der Waals surface area contributed by atoms with Crippen molar-refractivity contribution >= 4 is 5.97 Å². The first kappa shape index (κ1) is 12.5. The Bertz CT molecular complexity index is 204. The van der Waals surface area contributed by atoms with Gasteiger partial charge in [0.05, 0.1) is 19.1 Å². The van der Waals surface area contributed by atoms with E-state index in [1.807, 2.05) is 13.8 Å². The molecule has 1 aliphatic carbocycles. The first-order chi connectivity index (χ1) is 7.19. The monoisotopic (exact) mass is 215 g/mol. The van der Waals surface area contributed by atoms with Crippen LogP contribution in [-0.2, 0) is 9.53 Å². The molecule has 0 bridgehead atoms. The molecule has 15 heavy (non-hydrogen) atoms. The van der Waals surface area contributed by atoms with E-state index in [1.54, 1.807) is 0 Å². The van der Waals surface area contributed by atoms with Crippen LogP contribution in [0.3, 0.4) is 0 Å². The van der Waals surface area contributed by atoms with E-state index >= 15 is 0 Å². The molecule has 0 aliphatic heterocycles. The lowest BCUT2D eigenvalue weighted by atomic mass is 10.1. The van der Waals surface area contributed by atoms with Crippen LogP contribution in [0.25, 0.3) is 0 Å². The molecule has 0 spiro atoms. The molecule has 88 valence electrons. The van der Waals surface area contributed by atoms with E-state index in [-0.39, 0.29) is 18.5 Å². The van der Waals surface area contributed by atoms with Crippen molar-refractivity contribution < 1.29 is 14.6 Å². The SMILES string of the molecule is CCOC(=O)C(C)CN(CCO)C1CC1. The van der Waals surface area contributed by atoms with Gasteiger partial charge in [-0.15, -0.1) is 0 Å². The number of ether oxygens (including phenoxy) is 1. The molecular formula is C11H21NO3. The second-order valence-corrected chi connectivity index (χ2v) is 4.10. The van der Waals surface area contributed by atoms with Gasteiger partial charge in [-0.1, -0.05) is 6.92 Å². The lowest BCUT2D eigenvalue weighted by Crippen LogP contribution is -2.36. The molecule has 4 heteroatoms. The highest BCUT2D eigenvalue weighted by Crippen LogP contribution is 2.27. The summed E-state index contributed by atoms with van der Waals surface area (Å²) in [4.78, 5) is 13.6. The summed E-state index contributed by atoms with van der Waals surface area (Å²) in [5.74, 6) is -0.238. The molecule has 0 aromatic carbocycles. The average molecular weight is 215 g/mol. The summed E-state index contributed by atoms with van der Waals surface area (Å²) in [5, 5.41) is 8.91. The van der Waals surface area contributed by atoms with E-state index in [1.165, 1.54) is 12.8 Å². The second kappa shape index (κ2) is 6.08. The van der Waals surface area contributed by atoms with Crippen molar-refractivity contribution in [2.24, 2.45) is 5.92 Å². The first-order valence-electron chi connectivity index (χ1n) is 5.70. The fourth-order valence-electron chi connectivity index (χ4n) is 1.70. The zero-order valence-corrected chi connectivity index (χ0v) is 9.61. The van der Waals surface area contributed by atoms with E-state index in [9.17, 15) is 4.79 Å². The Kier molecular flexibility index (Phi) is 5.05. The van der Waals surface area contributed by atoms with Crippen LogP contribution in [0.2, 0.25) is 0 Å². The van der Waals surface area contributed by atoms with Gasteiger partial charge in [0.1, 0.15) is 0 Å². The molecule has 0 aromatic heterocycles. The summed E-state index contributed by atoms with van der Waals surface area (Å²) >= 11 is 0. The molecule has 0 heterocycles. The molecule has 4 nitrogen and oxygen atoms in total. The van der Waals surface area contributed by atoms with Crippen LogP contribution in [0.1, 0.15) is 26.7 Å². The molecule has 0 radical (unpaired) electrons. The zero-order valence-electron chi connectivity index (χ0n) is 9.61. The maximum Gasteiger partial charge on any atom is 0.309 e. The van der Waals surface area contributed by atoms with E-state index in [4.69, 9.17) is 9.84 Å². The van der Waals surface area contributed by atoms with Gasteiger partial charge in [0, 0.05) is 19.1 Å². The molecule has 0 amide bonds. The van der Waals surface area contributed by atoms with E-state index in [0.717, 1.165) is 0 Å². The number of rotatable bonds is 7. The quantitative estimate of drug-likeness (QED) is 0.633. The summed E-state index contributed by atoms with van der Waals surface area (Å²) in [6, 6.07) is 0.578. The van der Waals surface area contributed by atoms with Crippen LogP contribution < -0.4 is 0 Å². The molecular weight excluding hydrogens is 194 g/mol. The van der Waals surface area contributed by atoms with Crippen molar-refractivity contribution in [1.29, 1.82) is 0 Å². The Morgan fingerprint density at radius 2 is 2.27 bits per heavy atom. The van der Waals surface area contributed by atoms with Crippen molar-refractivity contribution in [2.75, 3.05) is 26.3 Å². The van der Waals surface area contributed by atoms with Crippen LogP contribution >= 0.6 is 0 Å². The van der Waals surface area contributed by atoms with Gasteiger partial charge >= 0.3 is 5.97 Å². The van der Waals surface area contributed by atoms with Crippen LogP contribution in [0.15, 0.2) is 0 Å². The summed E-state index contributed by atoms with van der Waals surface area (Å²) in [5.41, 5.74) is 0. The minimum Gasteiger partial charge on any atom is -0.466 e. The number of aliphatic hydroxyl groups is 1. The van der Waals surface area contributed by atoms with Crippen molar-refractivity contribution in [3.8, 4) is 0 Å². The molecule has 0 aromatic rings. The summed E-state index contributed by atoms with van der Waals surface area (Å²) in [7, 11) is 0. The molecule has 1 N–H and O–H groups in total. The van der Waals surface area contributed by atoms with Gasteiger partial charge in [0.2, 0.25) is 0 Å². The van der Waals surface area contributed by atoms with Gasteiger partial charge < -0.3 is 9.84 Å². The molecule has 1 aliphatic rings. The number of aliphatic hydroxyl groups excluding tert-OH is 1. The van der Waals surface area contributed by atoms with Gasteiger partial charge in [0.15, 0.2) is 0 Å². The lowest BCUT2D eigenvalue weighted by Gasteiger charge is -2.23. The maximum absolute atomic E-state index is 11.4. The molecule has 1 saturated carbocycles. The summed E-state index contributed by atoms with van der Waals surface area (Å²) < 4.78 is 4.95. The number of carbonyl (C=O) groups excluding carboxylic acids is 1. The second-order valence-electron chi connectivity index (χ2n) is 4.10. The number of nitrogens with zero attached hydrogens (tertiary/aromatic N) is 1. The maximum atomic E-state index is 11.4.